The van der Waals surface area contributed by atoms with Crippen LogP contribution in [0.4, 0.5) is 0 Å². The van der Waals surface area contributed by atoms with Crippen molar-refractivity contribution in [1.82, 2.24) is 4.98 Å². The Morgan fingerprint density at radius 1 is 1.47 bits per heavy atom. The highest BCUT2D eigenvalue weighted by Gasteiger charge is 2.07. The Bertz CT molecular complexity index is 502. The molecule has 0 radical (unpaired) electrons. The van der Waals surface area contributed by atoms with Gasteiger partial charge in [-0.25, -0.2) is 4.79 Å². The Morgan fingerprint density at radius 2 is 2.27 bits per heavy atom. The molecule has 2 aromatic rings. The number of carboxylic acid groups (broad SMARTS) is 1. The zero-order valence-corrected chi connectivity index (χ0v) is 8.28. The van der Waals surface area contributed by atoms with Crippen LogP contribution in [0.1, 0.15) is 17.4 Å². The Kier molecular flexibility index (Phi) is 2.33. The molecule has 78 valence electrons. The second-order valence-electron chi connectivity index (χ2n) is 3.17. The summed E-state index contributed by atoms with van der Waals surface area (Å²) in [6.07, 6.45) is 0. The van der Waals surface area contributed by atoms with Gasteiger partial charge in [-0.1, -0.05) is 0 Å². The third-order valence-corrected chi connectivity index (χ3v) is 2.14. The highest BCUT2D eigenvalue weighted by Crippen LogP contribution is 2.21. The van der Waals surface area contributed by atoms with Gasteiger partial charge in [0.05, 0.1) is 6.61 Å². The first kappa shape index (κ1) is 9.58. The predicted molar refractivity (Wildman–Crippen MR) is 56.4 cm³/mol. The van der Waals surface area contributed by atoms with E-state index in [1.165, 1.54) is 0 Å². The summed E-state index contributed by atoms with van der Waals surface area (Å²) in [6, 6.07) is 7.06. The molecule has 0 unspecified atom stereocenters. The number of hydrogen-bond acceptors (Lipinski definition) is 2. The van der Waals surface area contributed by atoms with Crippen molar-refractivity contribution in [2.75, 3.05) is 6.61 Å². The number of aromatic carboxylic acids is 1. The molecule has 0 amide bonds. The normalized spacial score (nSPS) is 10.5. The lowest BCUT2D eigenvalue weighted by Crippen LogP contribution is -1.94. The van der Waals surface area contributed by atoms with Crippen molar-refractivity contribution in [3.63, 3.8) is 0 Å². The van der Waals surface area contributed by atoms with Gasteiger partial charge in [0.2, 0.25) is 0 Å². The van der Waals surface area contributed by atoms with E-state index in [1.54, 1.807) is 12.1 Å². The lowest BCUT2D eigenvalue weighted by Gasteiger charge is -2.01. The number of nitrogens with one attached hydrogen (secondary N) is 1. The standard InChI is InChI=1S/C11H11NO3/c1-2-15-8-4-3-7-5-10(11(13)14)12-9(7)6-8/h3-6,12H,2H2,1H3,(H,13,14). The summed E-state index contributed by atoms with van der Waals surface area (Å²) in [5.41, 5.74) is 0.969. The van der Waals surface area contributed by atoms with Crippen LogP contribution in [0.2, 0.25) is 0 Å². The molecule has 0 spiro atoms. The van der Waals surface area contributed by atoms with Gasteiger partial charge in [-0.15, -0.1) is 0 Å². The molecule has 0 aliphatic rings. The number of benzene rings is 1. The fraction of sp³-hybridized carbons (Fsp3) is 0.182. The molecule has 4 nitrogen and oxygen atoms in total. The molecule has 1 heterocycles. The first-order valence-corrected chi connectivity index (χ1v) is 4.69. The van der Waals surface area contributed by atoms with E-state index in [2.05, 4.69) is 4.98 Å². The zero-order valence-electron chi connectivity index (χ0n) is 8.28. The highest BCUT2D eigenvalue weighted by atomic mass is 16.5. The Morgan fingerprint density at radius 3 is 2.93 bits per heavy atom. The van der Waals surface area contributed by atoms with Crippen LogP contribution >= 0.6 is 0 Å². The van der Waals surface area contributed by atoms with Crippen LogP contribution in [-0.2, 0) is 0 Å². The molecule has 0 atom stereocenters. The predicted octanol–water partition coefficient (Wildman–Crippen LogP) is 2.26. The monoisotopic (exact) mass is 205 g/mol. The van der Waals surface area contributed by atoms with Gasteiger partial charge in [0.1, 0.15) is 11.4 Å². The van der Waals surface area contributed by atoms with Crippen molar-refractivity contribution < 1.29 is 14.6 Å². The van der Waals surface area contributed by atoms with E-state index >= 15 is 0 Å². The van der Waals surface area contributed by atoms with Gasteiger partial charge < -0.3 is 14.8 Å². The van der Waals surface area contributed by atoms with Crippen molar-refractivity contribution in [1.29, 1.82) is 0 Å². The summed E-state index contributed by atoms with van der Waals surface area (Å²) >= 11 is 0. The van der Waals surface area contributed by atoms with Gasteiger partial charge >= 0.3 is 5.97 Å². The van der Waals surface area contributed by atoms with E-state index < -0.39 is 5.97 Å². The summed E-state index contributed by atoms with van der Waals surface area (Å²) < 4.78 is 5.32. The topological polar surface area (TPSA) is 62.3 Å². The quantitative estimate of drug-likeness (QED) is 0.807. The summed E-state index contributed by atoms with van der Waals surface area (Å²) in [5.74, 6) is -0.215. The fourth-order valence-electron chi connectivity index (χ4n) is 1.48. The number of hydrogen-bond donors (Lipinski definition) is 2. The highest BCUT2D eigenvalue weighted by molar-refractivity contribution is 5.94. The summed E-state index contributed by atoms with van der Waals surface area (Å²) in [7, 11) is 0. The van der Waals surface area contributed by atoms with Crippen LogP contribution in [0.15, 0.2) is 24.3 Å². The largest absolute Gasteiger partial charge is 0.494 e. The van der Waals surface area contributed by atoms with Gasteiger partial charge in [-0.3, -0.25) is 0 Å². The van der Waals surface area contributed by atoms with Crippen LogP contribution in [0.3, 0.4) is 0 Å². The number of ether oxygens (including phenoxy) is 1. The lowest BCUT2D eigenvalue weighted by atomic mass is 10.2. The second kappa shape index (κ2) is 3.65. The third-order valence-electron chi connectivity index (χ3n) is 2.14. The summed E-state index contributed by atoms with van der Waals surface area (Å²) in [4.78, 5) is 13.5. The molecule has 0 aliphatic carbocycles. The maximum atomic E-state index is 10.7. The van der Waals surface area contributed by atoms with Crippen molar-refractivity contribution >= 4 is 16.9 Å². The molecule has 0 aliphatic heterocycles. The van der Waals surface area contributed by atoms with E-state index in [-0.39, 0.29) is 5.69 Å². The molecule has 2 rings (SSSR count). The minimum atomic E-state index is -0.954. The van der Waals surface area contributed by atoms with Crippen molar-refractivity contribution in [3.05, 3.63) is 30.0 Å². The maximum absolute atomic E-state index is 10.7. The first-order valence-electron chi connectivity index (χ1n) is 4.69. The maximum Gasteiger partial charge on any atom is 0.352 e. The minimum Gasteiger partial charge on any atom is -0.494 e. The van der Waals surface area contributed by atoms with E-state index in [4.69, 9.17) is 9.84 Å². The zero-order chi connectivity index (χ0) is 10.8. The van der Waals surface area contributed by atoms with E-state index in [0.717, 1.165) is 16.7 Å². The van der Waals surface area contributed by atoms with Crippen LogP contribution in [-0.4, -0.2) is 22.7 Å². The smallest absolute Gasteiger partial charge is 0.352 e. The summed E-state index contributed by atoms with van der Waals surface area (Å²) in [5, 5.41) is 9.67. The number of carbonyl (C=O) groups is 1. The first-order chi connectivity index (χ1) is 7.20. The molecule has 0 bridgehead atoms. The van der Waals surface area contributed by atoms with Crippen LogP contribution in [0.25, 0.3) is 10.9 Å². The lowest BCUT2D eigenvalue weighted by molar-refractivity contribution is 0.0691. The number of fused-ring (bicyclic) bond motifs is 1. The van der Waals surface area contributed by atoms with E-state index in [9.17, 15) is 4.79 Å². The molecule has 15 heavy (non-hydrogen) atoms. The fourth-order valence-corrected chi connectivity index (χ4v) is 1.48. The van der Waals surface area contributed by atoms with E-state index in [0.29, 0.717) is 6.61 Å². The number of carboxylic acids is 1. The molecular formula is C11H11NO3. The number of aromatic nitrogens is 1. The molecule has 0 saturated carbocycles. The van der Waals surface area contributed by atoms with Gasteiger partial charge in [-0.2, -0.15) is 0 Å². The third kappa shape index (κ3) is 1.79. The van der Waals surface area contributed by atoms with Crippen LogP contribution in [0, 0.1) is 0 Å². The molecule has 1 aromatic heterocycles. The molecule has 2 N–H and O–H groups in total. The van der Waals surface area contributed by atoms with Gasteiger partial charge in [-0.05, 0) is 25.1 Å². The average molecular weight is 205 g/mol. The van der Waals surface area contributed by atoms with Crippen molar-refractivity contribution in [3.8, 4) is 5.75 Å². The number of H-pyrrole nitrogens is 1. The van der Waals surface area contributed by atoms with Gasteiger partial charge in [0.25, 0.3) is 0 Å². The Hall–Kier alpha value is -1.97. The molecule has 1 aromatic carbocycles. The van der Waals surface area contributed by atoms with Crippen molar-refractivity contribution in [2.45, 2.75) is 6.92 Å². The van der Waals surface area contributed by atoms with Gasteiger partial charge in [0.15, 0.2) is 0 Å². The van der Waals surface area contributed by atoms with Crippen molar-refractivity contribution in [2.24, 2.45) is 0 Å². The number of rotatable bonds is 3. The van der Waals surface area contributed by atoms with E-state index in [1.807, 2.05) is 19.1 Å². The molecule has 0 fully saturated rings. The summed E-state index contributed by atoms with van der Waals surface area (Å²) in [6.45, 7) is 2.50. The Labute approximate surface area is 86.5 Å². The SMILES string of the molecule is CCOc1ccc2cc(C(=O)O)[nH]c2c1. The minimum absolute atomic E-state index is 0.193. The van der Waals surface area contributed by atoms with Gasteiger partial charge in [0, 0.05) is 17.0 Å². The average Bonchev–Trinajstić information content (AvgIpc) is 2.61. The second-order valence-corrected chi connectivity index (χ2v) is 3.17. The van der Waals surface area contributed by atoms with Crippen LogP contribution < -0.4 is 4.74 Å². The molecule has 4 heteroatoms. The van der Waals surface area contributed by atoms with Crippen LogP contribution in [0.5, 0.6) is 5.75 Å². The number of aromatic amines is 1. The molecular weight excluding hydrogens is 194 g/mol. The Balaban J connectivity index is 2.47. The molecule has 0 saturated heterocycles.